The number of carbonyl (C=O) groups is 2. The van der Waals surface area contributed by atoms with E-state index >= 15 is 0 Å². The van der Waals surface area contributed by atoms with E-state index in [9.17, 15) is 9.59 Å². The summed E-state index contributed by atoms with van der Waals surface area (Å²) in [6, 6.07) is 0. The molecule has 1 heterocycles. The van der Waals surface area contributed by atoms with Crippen LogP contribution in [0.4, 0.5) is 0 Å². The monoisotopic (exact) mass is 372 g/mol. The second kappa shape index (κ2) is 12.3. The molecule has 6 heteroatoms. The normalized spacial score (nSPS) is 18.0. The molecule has 0 aromatic carbocycles. The summed E-state index contributed by atoms with van der Waals surface area (Å²) in [6.45, 7) is 9.32. The predicted molar refractivity (Wildman–Crippen MR) is 98.5 cm³/mol. The summed E-state index contributed by atoms with van der Waals surface area (Å²) in [7, 11) is 0. The van der Waals surface area contributed by atoms with E-state index in [-0.39, 0.29) is 19.5 Å². The van der Waals surface area contributed by atoms with Gasteiger partial charge in [0.25, 0.3) is 0 Å². The summed E-state index contributed by atoms with van der Waals surface area (Å²) in [6.07, 6.45) is 5.04. The van der Waals surface area contributed by atoms with Crippen molar-refractivity contribution in [3.8, 4) is 0 Å². The van der Waals surface area contributed by atoms with Crippen LogP contribution in [0.5, 0.6) is 0 Å². The second-order valence-electron chi connectivity index (χ2n) is 7.23. The van der Waals surface area contributed by atoms with E-state index in [0.717, 1.165) is 32.3 Å². The number of ether oxygens (including phenoxy) is 4. The maximum atomic E-state index is 12.7. The Bertz CT molecular complexity index is 397. The first kappa shape index (κ1) is 22.9. The first-order valence-electron chi connectivity index (χ1n) is 10.0. The Kier molecular flexibility index (Phi) is 10.8. The summed E-state index contributed by atoms with van der Waals surface area (Å²) in [5.41, 5.74) is -1.24. The molecule has 0 spiro atoms. The SMILES string of the molecule is CCOC(=O)C(CCCOC1CCCCO1)(CCC(C)C)C(=O)OCC. The van der Waals surface area contributed by atoms with Gasteiger partial charge in [0.15, 0.2) is 11.7 Å². The van der Waals surface area contributed by atoms with Gasteiger partial charge >= 0.3 is 11.9 Å². The van der Waals surface area contributed by atoms with Crippen molar-refractivity contribution < 1.29 is 28.5 Å². The molecule has 0 amide bonds. The molecule has 6 nitrogen and oxygen atoms in total. The number of esters is 2. The summed E-state index contributed by atoms with van der Waals surface area (Å²) in [5.74, 6) is -0.578. The molecule has 1 fully saturated rings. The molecule has 1 aliphatic rings. The van der Waals surface area contributed by atoms with Crippen molar-refractivity contribution in [2.45, 2.75) is 78.9 Å². The van der Waals surface area contributed by atoms with Crippen LogP contribution in [0.25, 0.3) is 0 Å². The van der Waals surface area contributed by atoms with E-state index in [1.165, 1.54) is 0 Å². The lowest BCUT2D eigenvalue weighted by atomic mass is 9.77. The maximum Gasteiger partial charge on any atom is 0.323 e. The molecule has 0 aromatic rings. The quantitative estimate of drug-likeness (QED) is 0.294. The van der Waals surface area contributed by atoms with Crippen molar-refractivity contribution in [2.24, 2.45) is 11.3 Å². The smallest absolute Gasteiger partial charge is 0.323 e. The average molecular weight is 373 g/mol. The Morgan fingerprint density at radius 2 is 1.73 bits per heavy atom. The topological polar surface area (TPSA) is 71.1 Å². The van der Waals surface area contributed by atoms with Crippen LogP contribution in [0.1, 0.15) is 72.6 Å². The highest BCUT2D eigenvalue weighted by molar-refractivity contribution is 6.00. The van der Waals surface area contributed by atoms with Gasteiger partial charge in [0.2, 0.25) is 0 Å². The lowest BCUT2D eigenvalue weighted by molar-refractivity contribution is -0.176. The summed E-state index contributed by atoms with van der Waals surface area (Å²) < 4.78 is 21.8. The number of carbonyl (C=O) groups excluding carboxylic acids is 2. The largest absolute Gasteiger partial charge is 0.465 e. The molecule has 0 N–H and O–H groups in total. The van der Waals surface area contributed by atoms with Crippen molar-refractivity contribution in [1.29, 1.82) is 0 Å². The fourth-order valence-electron chi connectivity index (χ4n) is 3.12. The Hall–Kier alpha value is -1.14. The standard InChI is InChI=1S/C20H36O6/c1-5-23-18(21)20(13-11-16(3)4,19(22)24-6-2)12-9-15-26-17-10-7-8-14-25-17/h16-17H,5-15H2,1-4H3. The molecule has 1 aliphatic heterocycles. The van der Waals surface area contributed by atoms with Crippen LogP contribution in [0.15, 0.2) is 0 Å². The predicted octanol–water partition coefficient (Wildman–Crippen LogP) is 3.86. The van der Waals surface area contributed by atoms with Crippen LogP contribution >= 0.6 is 0 Å². The van der Waals surface area contributed by atoms with Gasteiger partial charge in [-0.05, 0) is 64.7 Å². The van der Waals surface area contributed by atoms with Gasteiger partial charge in [-0.1, -0.05) is 13.8 Å². The Morgan fingerprint density at radius 1 is 1.08 bits per heavy atom. The molecule has 1 rings (SSSR count). The van der Waals surface area contributed by atoms with E-state index in [2.05, 4.69) is 13.8 Å². The minimum absolute atomic E-state index is 0.168. The van der Waals surface area contributed by atoms with E-state index < -0.39 is 17.4 Å². The molecule has 0 bridgehead atoms. The lowest BCUT2D eigenvalue weighted by Crippen LogP contribution is -2.42. The van der Waals surface area contributed by atoms with Crippen molar-refractivity contribution in [2.75, 3.05) is 26.4 Å². The fourth-order valence-corrected chi connectivity index (χ4v) is 3.12. The molecule has 0 aromatic heterocycles. The summed E-state index contributed by atoms with van der Waals surface area (Å²) >= 11 is 0. The number of rotatable bonds is 12. The van der Waals surface area contributed by atoms with Crippen LogP contribution < -0.4 is 0 Å². The first-order chi connectivity index (χ1) is 12.5. The third kappa shape index (κ3) is 7.23. The molecule has 0 saturated carbocycles. The lowest BCUT2D eigenvalue weighted by Gasteiger charge is -2.30. The van der Waals surface area contributed by atoms with Gasteiger partial charge in [0, 0.05) is 13.2 Å². The van der Waals surface area contributed by atoms with Gasteiger partial charge in [0.1, 0.15) is 0 Å². The van der Waals surface area contributed by atoms with Gasteiger partial charge in [0.05, 0.1) is 13.2 Å². The zero-order valence-electron chi connectivity index (χ0n) is 16.9. The molecular formula is C20H36O6. The van der Waals surface area contributed by atoms with Gasteiger partial charge < -0.3 is 18.9 Å². The number of hydrogen-bond acceptors (Lipinski definition) is 6. The van der Waals surface area contributed by atoms with E-state index in [1.54, 1.807) is 13.8 Å². The van der Waals surface area contributed by atoms with Crippen LogP contribution in [-0.4, -0.2) is 44.7 Å². The Labute approximate surface area is 157 Å². The number of hydrogen-bond donors (Lipinski definition) is 0. The fraction of sp³-hybridized carbons (Fsp3) is 0.900. The highest BCUT2D eigenvalue weighted by Crippen LogP contribution is 2.35. The molecule has 152 valence electrons. The van der Waals surface area contributed by atoms with E-state index in [0.29, 0.717) is 31.8 Å². The highest BCUT2D eigenvalue weighted by Gasteiger charge is 2.48. The van der Waals surface area contributed by atoms with Crippen LogP contribution in [0.3, 0.4) is 0 Å². The molecule has 26 heavy (non-hydrogen) atoms. The van der Waals surface area contributed by atoms with Gasteiger partial charge in [-0.25, -0.2) is 0 Å². The van der Waals surface area contributed by atoms with Crippen molar-refractivity contribution >= 4 is 11.9 Å². The third-order valence-corrected chi connectivity index (χ3v) is 4.67. The minimum Gasteiger partial charge on any atom is -0.465 e. The maximum absolute atomic E-state index is 12.7. The van der Waals surface area contributed by atoms with Gasteiger partial charge in [-0.2, -0.15) is 0 Å². The second-order valence-corrected chi connectivity index (χ2v) is 7.23. The van der Waals surface area contributed by atoms with Crippen LogP contribution in [0.2, 0.25) is 0 Å². The summed E-state index contributed by atoms with van der Waals surface area (Å²) in [5, 5.41) is 0. The van der Waals surface area contributed by atoms with Crippen molar-refractivity contribution in [1.82, 2.24) is 0 Å². The molecule has 1 atom stereocenters. The average Bonchev–Trinajstić information content (AvgIpc) is 2.62. The van der Waals surface area contributed by atoms with Crippen molar-refractivity contribution in [3.63, 3.8) is 0 Å². The molecule has 0 radical (unpaired) electrons. The minimum atomic E-state index is -1.24. The van der Waals surface area contributed by atoms with E-state index in [4.69, 9.17) is 18.9 Å². The summed E-state index contributed by atoms with van der Waals surface area (Å²) in [4.78, 5) is 25.4. The highest BCUT2D eigenvalue weighted by atomic mass is 16.7. The van der Waals surface area contributed by atoms with Gasteiger partial charge in [-0.3, -0.25) is 9.59 Å². The molecule has 1 unspecified atom stereocenters. The first-order valence-corrected chi connectivity index (χ1v) is 10.0. The Balaban J connectivity index is 2.74. The molecule has 0 aliphatic carbocycles. The van der Waals surface area contributed by atoms with E-state index in [1.807, 2.05) is 0 Å². The van der Waals surface area contributed by atoms with Gasteiger partial charge in [-0.15, -0.1) is 0 Å². The zero-order valence-corrected chi connectivity index (χ0v) is 16.9. The van der Waals surface area contributed by atoms with Crippen molar-refractivity contribution in [3.05, 3.63) is 0 Å². The van der Waals surface area contributed by atoms with Crippen LogP contribution in [0, 0.1) is 11.3 Å². The Morgan fingerprint density at radius 3 is 2.23 bits per heavy atom. The third-order valence-electron chi connectivity index (χ3n) is 4.67. The molecule has 1 saturated heterocycles. The molecular weight excluding hydrogens is 336 g/mol. The van der Waals surface area contributed by atoms with Crippen LogP contribution in [-0.2, 0) is 28.5 Å². The zero-order chi connectivity index (χ0) is 19.4.